The van der Waals surface area contributed by atoms with E-state index in [0.29, 0.717) is 12.1 Å². The van der Waals surface area contributed by atoms with Gasteiger partial charge < -0.3 is 11.1 Å². The van der Waals surface area contributed by atoms with E-state index in [-0.39, 0.29) is 11.9 Å². The van der Waals surface area contributed by atoms with Crippen LogP contribution in [0.15, 0.2) is 18.2 Å². The molecule has 1 aromatic rings. The van der Waals surface area contributed by atoms with Crippen LogP contribution in [0.1, 0.15) is 19.4 Å². The Morgan fingerprint density at radius 2 is 2.12 bits per heavy atom. The maximum absolute atomic E-state index is 12.0. The summed E-state index contributed by atoms with van der Waals surface area (Å²) in [5.41, 5.74) is 10.1. The van der Waals surface area contributed by atoms with E-state index in [1.165, 1.54) is 0 Å². The smallest absolute Gasteiger partial charge is 0.242 e. The number of hydrogen-bond donors (Lipinski definition) is 1. The Hall–Kier alpha value is -1.55. The minimum absolute atomic E-state index is 0.0480. The molecular weight excluding hydrogens is 214 g/mol. The average molecular weight is 232 g/mol. The molecule has 0 bridgehead atoms. The number of benzene rings is 1. The second kappa shape index (κ2) is 4.75. The van der Waals surface area contributed by atoms with Crippen LogP contribution in [0.2, 0.25) is 0 Å². The molecule has 0 saturated heterocycles. The average Bonchev–Trinajstić information content (AvgIpc) is 2.32. The second-order valence-electron chi connectivity index (χ2n) is 4.26. The zero-order valence-corrected chi connectivity index (χ0v) is 10.3. The van der Waals surface area contributed by atoms with Crippen LogP contribution < -0.4 is 11.1 Å². The lowest BCUT2D eigenvalue weighted by Gasteiger charge is -2.33. The first-order valence-corrected chi connectivity index (χ1v) is 6.05. The van der Waals surface area contributed by atoms with Crippen molar-refractivity contribution in [2.24, 2.45) is 0 Å². The molecule has 1 aliphatic rings. The molecule has 0 fully saturated rings. The van der Waals surface area contributed by atoms with E-state index >= 15 is 0 Å². The molecule has 0 aliphatic carbocycles. The largest absolute Gasteiger partial charge is 0.324 e. The lowest BCUT2D eigenvalue weighted by atomic mass is 9.96. The molecule has 1 radical (unpaired) electrons. The highest BCUT2D eigenvalue weighted by atomic mass is 16.2. The first kappa shape index (κ1) is 11.9. The Bertz CT molecular complexity index is 427. The Balaban J connectivity index is 2.31. The second-order valence-corrected chi connectivity index (χ2v) is 4.26. The van der Waals surface area contributed by atoms with Crippen LogP contribution in [0.5, 0.6) is 0 Å². The van der Waals surface area contributed by atoms with Crippen LogP contribution in [-0.4, -0.2) is 29.9 Å². The summed E-state index contributed by atoms with van der Waals surface area (Å²) in [6, 6.07) is 5.31. The van der Waals surface area contributed by atoms with Gasteiger partial charge in [0.25, 0.3) is 0 Å². The number of likely N-dealkylation sites (N-methyl/N-ethyl adjacent to an activating group) is 1. The maximum Gasteiger partial charge on any atom is 0.242 e. The van der Waals surface area contributed by atoms with Gasteiger partial charge in [-0.15, -0.1) is 0 Å². The van der Waals surface area contributed by atoms with E-state index < -0.39 is 0 Å². The normalized spacial score (nSPS) is 19.0. The Labute approximate surface area is 102 Å². The summed E-state index contributed by atoms with van der Waals surface area (Å²) in [6.07, 6.45) is 0.641. The molecular formula is C13H18N3O. The lowest BCUT2D eigenvalue weighted by Crippen LogP contribution is -2.47. The summed E-state index contributed by atoms with van der Waals surface area (Å²) in [5, 5.41) is 2.90. The molecule has 1 heterocycles. The topological polar surface area (TPSA) is 56.1 Å². The fourth-order valence-corrected chi connectivity index (χ4v) is 2.39. The predicted octanol–water partition coefficient (Wildman–Crippen LogP) is 1.81. The third-order valence-corrected chi connectivity index (χ3v) is 3.39. The van der Waals surface area contributed by atoms with Crippen molar-refractivity contribution in [3.05, 3.63) is 23.8 Å². The molecule has 0 saturated carbocycles. The highest BCUT2D eigenvalue weighted by Crippen LogP contribution is 2.29. The molecule has 1 aromatic carbocycles. The first-order valence-electron chi connectivity index (χ1n) is 6.05. The van der Waals surface area contributed by atoms with Crippen LogP contribution in [0, 0.1) is 0 Å². The monoisotopic (exact) mass is 232 g/mol. The first-order chi connectivity index (χ1) is 8.17. The molecule has 2 N–H and O–H groups in total. The Kier molecular flexibility index (Phi) is 3.33. The molecule has 0 aromatic heterocycles. The van der Waals surface area contributed by atoms with Crippen LogP contribution >= 0.6 is 0 Å². The van der Waals surface area contributed by atoms with Gasteiger partial charge in [0.15, 0.2) is 0 Å². The molecule has 91 valence electrons. The standard InChI is InChI=1S/C13H18N3O/c1-3-16(4-2)12-8-9-10(14)6-5-7-11(9)15-13(12)17/h5-7,12,14H,3-4,8H2,1-2H3,(H,15,17). The molecule has 17 heavy (non-hydrogen) atoms. The van der Waals surface area contributed by atoms with Gasteiger partial charge in [-0.3, -0.25) is 9.69 Å². The van der Waals surface area contributed by atoms with Crippen LogP contribution in [0.4, 0.5) is 11.4 Å². The van der Waals surface area contributed by atoms with Gasteiger partial charge in [-0.1, -0.05) is 19.9 Å². The molecule has 1 aliphatic heterocycles. The number of carbonyl (C=O) groups is 1. The summed E-state index contributed by atoms with van der Waals surface area (Å²) < 4.78 is 0. The number of nitrogens with zero attached hydrogens (tertiary/aromatic N) is 1. The Morgan fingerprint density at radius 3 is 2.76 bits per heavy atom. The summed E-state index contributed by atoms with van der Waals surface area (Å²) in [7, 11) is 0. The molecule has 1 amide bonds. The minimum Gasteiger partial charge on any atom is -0.324 e. The van der Waals surface area contributed by atoms with Gasteiger partial charge in [0.05, 0.1) is 11.7 Å². The summed E-state index contributed by atoms with van der Waals surface area (Å²) >= 11 is 0. The lowest BCUT2D eigenvalue weighted by molar-refractivity contribution is -0.121. The number of amides is 1. The fourth-order valence-electron chi connectivity index (χ4n) is 2.39. The minimum atomic E-state index is -0.135. The van der Waals surface area contributed by atoms with Crippen LogP contribution in [0.25, 0.3) is 0 Å². The van der Waals surface area contributed by atoms with Crippen molar-refractivity contribution in [2.75, 3.05) is 18.4 Å². The van der Waals surface area contributed by atoms with Crippen molar-refractivity contribution in [2.45, 2.75) is 26.3 Å². The van der Waals surface area contributed by atoms with Crippen molar-refractivity contribution in [1.82, 2.24) is 10.6 Å². The quantitative estimate of drug-likeness (QED) is 0.864. The number of carbonyl (C=O) groups excluding carboxylic acids is 1. The molecule has 1 atom stereocenters. The van der Waals surface area contributed by atoms with Crippen LogP contribution in [-0.2, 0) is 11.2 Å². The molecule has 2 rings (SSSR count). The fraction of sp³-hybridized carbons (Fsp3) is 0.462. The number of hydrogen-bond acceptors (Lipinski definition) is 2. The SMILES string of the molecule is CCN(CC)C1Cc2c([NH])cccc2NC1=O. The van der Waals surface area contributed by atoms with Crippen molar-refractivity contribution in [1.29, 1.82) is 0 Å². The van der Waals surface area contributed by atoms with Gasteiger partial charge in [-0.05, 0) is 25.2 Å². The van der Waals surface area contributed by atoms with Gasteiger partial charge >= 0.3 is 0 Å². The third kappa shape index (κ3) is 2.13. The predicted molar refractivity (Wildman–Crippen MR) is 68.2 cm³/mol. The van der Waals surface area contributed by atoms with Gasteiger partial charge in [0.2, 0.25) is 5.91 Å². The number of nitrogens with one attached hydrogen (secondary N) is 2. The molecule has 0 spiro atoms. The van der Waals surface area contributed by atoms with E-state index in [1.807, 2.05) is 6.07 Å². The van der Waals surface area contributed by atoms with Crippen molar-refractivity contribution < 1.29 is 4.79 Å². The van der Waals surface area contributed by atoms with Crippen molar-refractivity contribution >= 4 is 17.3 Å². The van der Waals surface area contributed by atoms with Gasteiger partial charge in [-0.25, -0.2) is 0 Å². The number of anilines is 1. The van der Waals surface area contributed by atoms with E-state index in [4.69, 9.17) is 5.73 Å². The highest BCUT2D eigenvalue weighted by Gasteiger charge is 2.30. The van der Waals surface area contributed by atoms with Crippen molar-refractivity contribution in [3.8, 4) is 0 Å². The third-order valence-electron chi connectivity index (χ3n) is 3.39. The van der Waals surface area contributed by atoms with Gasteiger partial charge in [0.1, 0.15) is 0 Å². The Morgan fingerprint density at radius 1 is 1.41 bits per heavy atom. The summed E-state index contributed by atoms with van der Waals surface area (Å²) in [6.45, 7) is 5.81. The van der Waals surface area contributed by atoms with E-state index in [2.05, 4.69) is 24.1 Å². The molecule has 4 heteroatoms. The summed E-state index contributed by atoms with van der Waals surface area (Å²) in [5.74, 6) is 0.0480. The maximum atomic E-state index is 12.0. The zero-order valence-electron chi connectivity index (χ0n) is 10.3. The van der Waals surface area contributed by atoms with E-state index in [0.717, 1.165) is 24.3 Å². The highest BCUT2D eigenvalue weighted by molar-refractivity contribution is 5.98. The van der Waals surface area contributed by atoms with E-state index in [1.54, 1.807) is 12.1 Å². The number of rotatable bonds is 3. The summed E-state index contributed by atoms with van der Waals surface area (Å²) in [4.78, 5) is 14.1. The van der Waals surface area contributed by atoms with Crippen LogP contribution in [0.3, 0.4) is 0 Å². The zero-order chi connectivity index (χ0) is 12.4. The van der Waals surface area contributed by atoms with E-state index in [9.17, 15) is 4.79 Å². The van der Waals surface area contributed by atoms with Gasteiger partial charge in [-0.2, -0.15) is 0 Å². The molecule has 1 unspecified atom stereocenters. The molecule has 4 nitrogen and oxygen atoms in total. The van der Waals surface area contributed by atoms with Gasteiger partial charge in [0, 0.05) is 17.7 Å². The van der Waals surface area contributed by atoms with Crippen molar-refractivity contribution in [3.63, 3.8) is 0 Å². The number of fused-ring (bicyclic) bond motifs is 1.